The highest BCUT2D eigenvalue weighted by Gasteiger charge is 2.21. The summed E-state index contributed by atoms with van der Waals surface area (Å²) in [5, 5.41) is 15.5. The molecule has 0 saturated carbocycles. The van der Waals surface area contributed by atoms with Crippen molar-refractivity contribution >= 4 is 11.6 Å². The summed E-state index contributed by atoms with van der Waals surface area (Å²) in [5.41, 5.74) is 0.903. The summed E-state index contributed by atoms with van der Waals surface area (Å²) >= 11 is 0. The molecule has 0 amide bonds. The number of piperidine rings is 1. The number of aryl methyl sites for hydroxylation is 1. The second-order valence-corrected chi connectivity index (χ2v) is 7.20. The van der Waals surface area contributed by atoms with Gasteiger partial charge in [0, 0.05) is 51.4 Å². The van der Waals surface area contributed by atoms with Gasteiger partial charge < -0.3 is 15.5 Å². The Balaban J connectivity index is 1.39. The van der Waals surface area contributed by atoms with Crippen molar-refractivity contribution in [3.8, 4) is 0 Å². The van der Waals surface area contributed by atoms with Gasteiger partial charge in [-0.15, -0.1) is 10.2 Å². The lowest BCUT2D eigenvalue weighted by Crippen LogP contribution is -2.50. The van der Waals surface area contributed by atoms with Gasteiger partial charge in [-0.05, 0) is 45.2 Å². The van der Waals surface area contributed by atoms with Crippen molar-refractivity contribution in [3.05, 3.63) is 30.2 Å². The molecule has 1 fully saturated rings. The van der Waals surface area contributed by atoms with Gasteiger partial charge in [0.05, 0.1) is 0 Å². The molecule has 2 aromatic rings. The van der Waals surface area contributed by atoms with E-state index in [1.807, 2.05) is 31.4 Å². The molecule has 2 aromatic heterocycles. The van der Waals surface area contributed by atoms with Gasteiger partial charge in [0.25, 0.3) is 0 Å². The van der Waals surface area contributed by atoms with Gasteiger partial charge in [0.2, 0.25) is 0 Å². The molecule has 0 atom stereocenters. The third kappa shape index (κ3) is 4.72. The van der Waals surface area contributed by atoms with E-state index in [-0.39, 0.29) is 0 Å². The first kappa shape index (κ1) is 18.6. The second kappa shape index (κ2) is 8.98. The van der Waals surface area contributed by atoms with Crippen LogP contribution < -0.4 is 10.6 Å². The molecule has 142 valence electrons. The number of hydrogen-bond donors (Lipinski definition) is 2. The fourth-order valence-corrected chi connectivity index (χ4v) is 3.46. The Labute approximate surface area is 155 Å². The number of nitrogens with one attached hydrogen (secondary N) is 2. The third-order valence-corrected chi connectivity index (χ3v) is 5.08. The highest BCUT2D eigenvalue weighted by atomic mass is 15.2. The monoisotopic (exact) mass is 357 g/mol. The Bertz CT molecular complexity index is 714. The molecule has 26 heavy (non-hydrogen) atoms. The van der Waals surface area contributed by atoms with E-state index in [0.29, 0.717) is 12.1 Å². The quantitative estimate of drug-likeness (QED) is 0.468. The summed E-state index contributed by atoms with van der Waals surface area (Å²) < 4.78 is 2.05. The molecular formula is C19H31N7. The molecule has 1 aliphatic heterocycles. The van der Waals surface area contributed by atoms with E-state index in [0.717, 1.165) is 49.9 Å². The predicted octanol–water partition coefficient (Wildman–Crippen LogP) is 1.70. The maximum atomic E-state index is 4.37. The number of aliphatic imine (C=N–C) groups is 1. The zero-order valence-corrected chi connectivity index (χ0v) is 16.1. The van der Waals surface area contributed by atoms with Crippen LogP contribution >= 0.6 is 0 Å². The highest BCUT2D eigenvalue weighted by molar-refractivity contribution is 5.79. The number of likely N-dealkylation sites (tertiary alicyclic amines) is 1. The van der Waals surface area contributed by atoms with Crippen LogP contribution in [0.25, 0.3) is 5.65 Å². The van der Waals surface area contributed by atoms with E-state index in [9.17, 15) is 0 Å². The predicted molar refractivity (Wildman–Crippen MR) is 106 cm³/mol. The Morgan fingerprint density at radius 2 is 2.08 bits per heavy atom. The Kier molecular flexibility index (Phi) is 6.44. The van der Waals surface area contributed by atoms with Crippen molar-refractivity contribution in [1.82, 2.24) is 30.1 Å². The zero-order chi connectivity index (χ0) is 18.4. The minimum absolute atomic E-state index is 0.511. The normalized spacial score (nSPS) is 17.2. The van der Waals surface area contributed by atoms with Crippen LogP contribution in [-0.4, -0.2) is 64.2 Å². The van der Waals surface area contributed by atoms with Crippen LogP contribution in [0, 0.1) is 0 Å². The molecule has 0 bridgehead atoms. The van der Waals surface area contributed by atoms with Gasteiger partial charge in [-0.1, -0.05) is 6.07 Å². The van der Waals surface area contributed by atoms with Crippen LogP contribution in [0.5, 0.6) is 0 Å². The van der Waals surface area contributed by atoms with Crippen LogP contribution in [0.2, 0.25) is 0 Å². The minimum atomic E-state index is 0.511. The number of pyridine rings is 1. The average Bonchev–Trinajstić information content (AvgIpc) is 3.08. The molecule has 7 nitrogen and oxygen atoms in total. The SMILES string of the molecule is CN=C(NCCCc1nnc2ccccn12)NC1CCN(C(C)C)CC1. The molecule has 0 aliphatic carbocycles. The van der Waals surface area contributed by atoms with Crippen molar-refractivity contribution in [2.45, 2.75) is 51.6 Å². The van der Waals surface area contributed by atoms with Crippen LogP contribution in [0.4, 0.5) is 0 Å². The molecule has 2 N–H and O–H groups in total. The first-order valence-corrected chi connectivity index (χ1v) is 9.67. The van der Waals surface area contributed by atoms with E-state index in [2.05, 4.69) is 49.0 Å². The Morgan fingerprint density at radius 1 is 1.27 bits per heavy atom. The zero-order valence-electron chi connectivity index (χ0n) is 16.1. The van der Waals surface area contributed by atoms with Gasteiger partial charge >= 0.3 is 0 Å². The molecule has 1 aliphatic rings. The average molecular weight is 358 g/mol. The van der Waals surface area contributed by atoms with Crippen LogP contribution in [-0.2, 0) is 6.42 Å². The number of rotatable bonds is 6. The van der Waals surface area contributed by atoms with Crippen LogP contribution in [0.3, 0.4) is 0 Å². The standard InChI is InChI=1S/C19H31N7/c1-15(2)25-13-9-16(10-14-25)22-19(20-3)21-11-6-8-18-24-23-17-7-4-5-12-26(17)18/h4-5,7,12,15-16H,6,8-11,13-14H2,1-3H3,(H2,20,21,22). The Hall–Kier alpha value is -2.15. The summed E-state index contributed by atoms with van der Waals surface area (Å²) in [6, 6.07) is 7.12. The number of nitrogens with zero attached hydrogens (tertiary/aromatic N) is 5. The fraction of sp³-hybridized carbons (Fsp3) is 0.632. The van der Waals surface area contributed by atoms with Crippen molar-refractivity contribution in [1.29, 1.82) is 0 Å². The molecule has 0 spiro atoms. The summed E-state index contributed by atoms with van der Waals surface area (Å²) in [5.74, 6) is 1.91. The van der Waals surface area contributed by atoms with Crippen molar-refractivity contribution in [2.24, 2.45) is 4.99 Å². The largest absolute Gasteiger partial charge is 0.356 e. The Morgan fingerprint density at radius 3 is 2.81 bits per heavy atom. The first-order valence-electron chi connectivity index (χ1n) is 9.67. The minimum Gasteiger partial charge on any atom is -0.356 e. The maximum absolute atomic E-state index is 4.37. The van der Waals surface area contributed by atoms with E-state index in [4.69, 9.17) is 0 Å². The van der Waals surface area contributed by atoms with Gasteiger partial charge in [-0.3, -0.25) is 9.39 Å². The van der Waals surface area contributed by atoms with Crippen molar-refractivity contribution < 1.29 is 0 Å². The van der Waals surface area contributed by atoms with Gasteiger partial charge in [0.15, 0.2) is 11.6 Å². The lowest BCUT2D eigenvalue weighted by Gasteiger charge is -2.35. The summed E-state index contributed by atoms with van der Waals surface area (Å²) in [4.78, 5) is 6.91. The number of hydrogen-bond acceptors (Lipinski definition) is 4. The van der Waals surface area contributed by atoms with E-state index in [1.54, 1.807) is 0 Å². The van der Waals surface area contributed by atoms with E-state index >= 15 is 0 Å². The number of aromatic nitrogens is 3. The summed E-state index contributed by atoms with van der Waals surface area (Å²) in [6.45, 7) is 7.73. The van der Waals surface area contributed by atoms with Crippen LogP contribution in [0.15, 0.2) is 29.4 Å². The smallest absolute Gasteiger partial charge is 0.191 e. The summed E-state index contributed by atoms with van der Waals surface area (Å²) in [7, 11) is 1.84. The molecular weight excluding hydrogens is 326 g/mol. The maximum Gasteiger partial charge on any atom is 0.191 e. The van der Waals surface area contributed by atoms with Gasteiger partial charge in [0.1, 0.15) is 5.82 Å². The fourth-order valence-electron chi connectivity index (χ4n) is 3.46. The lowest BCUT2D eigenvalue weighted by molar-refractivity contribution is 0.167. The van der Waals surface area contributed by atoms with Crippen LogP contribution in [0.1, 0.15) is 38.9 Å². The molecule has 3 heterocycles. The van der Waals surface area contributed by atoms with Crippen molar-refractivity contribution in [3.63, 3.8) is 0 Å². The van der Waals surface area contributed by atoms with Gasteiger partial charge in [-0.25, -0.2) is 0 Å². The molecule has 3 rings (SSSR count). The third-order valence-electron chi connectivity index (χ3n) is 5.08. The lowest BCUT2D eigenvalue weighted by atomic mass is 10.0. The summed E-state index contributed by atoms with van der Waals surface area (Å²) in [6.07, 6.45) is 6.24. The molecule has 0 aromatic carbocycles. The molecule has 0 radical (unpaired) electrons. The van der Waals surface area contributed by atoms with Gasteiger partial charge in [-0.2, -0.15) is 0 Å². The highest BCUT2D eigenvalue weighted by Crippen LogP contribution is 2.12. The first-order chi connectivity index (χ1) is 12.7. The number of guanidine groups is 1. The van der Waals surface area contributed by atoms with Crippen molar-refractivity contribution in [2.75, 3.05) is 26.7 Å². The molecule has 0 unspecified atom stereocenters. The number of fused-ring (bicyclic) bond motifs is 1. The second-order valence-electron chi connectivity index (χ2n) is 7.20. The topological polar surface area (TPSA) is 69.8 Å². The molecule has 1 saturated heterocycles. The van der Waals surface area contributed by atoms with E-state index < -0.39 is 0 Å². The van der Waals surface area contributed by atoms with E-state index in [1.165, 1.54) is 12.8 Å². The molecule has 7 heteroatoms.